The van der Waals surface area contributed by atoms with E-state index in [2.05, 4.69) is 229 Å². The highest BCUT2D eigenvalue weighted by molar-refractivity contribution is 6.17. The number of para-hydroxylation sites is 1. The largest absolute Gasteiger partial charge is 0.310 e. The minimum Gasteiger partial charge on any atom is -0.310 e. The van der Waals surface area contributed by atoms with E-state index in [1.165, 1.54) is 87.2 Å². The molecule has 266 valence electrons. The van der Waals surface area contributed by atoms with Crippen LogP contribution in [0.3, 0.4) is 0 Å². The van der Waals surface area contributed by atoms with E-state index in [9.17, 15) is 0 Å². The summed E-state index contributed by atoms with van der Waals surface area (Å²) in [5.41, 5.74) is 10.5. The Kier molecular flexibility index (Phi) is 7.89. The number of nitrogens with zero attached hydrogens (tertiary/aromatic N) is 1. The predicted molar refractivity (Wildman–Crippen MR) is 245 cm³/mol. The van der Waals surface area contributed by atoms with Gasteiger partial charge in [0.1, 0.15) is 0 Å². The molecule has 0 aliphatic heterocycles. The normalized spacial score (nSPS) is 11.5. The molecule has 0 atom stereocenters. The van der Waals surface area contributed by atoms with Gasteiger partial charge in [0.15, 0.2) is 0 Å². The van der Waals surface area contributed by atoms with Gasteiger partial charge in [0.2, 0.25) is 0 Å². The number of rotatable bonds is 6. The van der Waals surface area contributed by atoms with Crippen LogP contribution in [0.5, 0.6) is 0 Å². The van der Waals surface area contributed by atoms with E-state index in [1.807, 2.05) is 0 Å². The van der Waals surface area contributed by atoms with Crippen LogP contribution in [0.15, 0.2) is 224 Å². The second-order valence-electron chi connectivity index (χ2n) is 14.9. The lowest BCUT2D eigenvalue weighted by Gasteiger charge is -2.29. The van der Waals surface area contributed by atoms with Gasteiger partial charge in [0, 0.05) is 16.9 Å². The van der Waals surface area contributed by atoms with Crippen molar-refractivity contribution in [3.05, 3.63) is 224 Å². The Morgan fingerprint density at radius 3 is 1.51 bits per heavy atom. The van der Waals surface area contributed by atoms with Crippen LogP contribution in [0.1, 0.15) is 0 Å². The highest BCUT2D eigenvalue weighted by atomic mass is 15.1. The molecule has 11 rings (SSSR count). The Hall–Kier alpha value is -7.48. The maximum absolute atomic E-state index is 2.42. The summed E-state index contributed by atoms with van der Waals surface area (Å²) in [7, 11) is 0. The van der Waals surface area contributed by atoms with Crippen molar-refractivity contribution < 1.29 is 0 Å². The van der Waals surface area contributed by atoms with Gasteiger partial charge in [-0.25, -0.2) is 0 Å². The molecule has 0 fully saturated rings. The highest BCUT2D eigenvalue weighted by Crippen LogP contribution is 2.44. The minimum atomic E-state index is 1.11. The van der Waals surface area contributed by atoms with Gasteiger partial charge in [0.05, 0.1) is 5.69 Å². The maximum atomic E-state index is 2.42. The van der Waals surface area contributed by atoms with Crippen molar-refractivity contribution in [2.45, 2.75) is 0 Å². The summed E-state index contributed by atoms with van der Waals surface area (Å²) in [4.78, 5) is 2.42. The fourth-order valence-corrected chi connectivity index (χ4v) is 8.78. The van der Waals surface area contributed by atoms with E-state index in [1.54, 1.807) is 0 Å². The molecule has 1 heteroatoms. The van der Waals surface area contributed by atoms with Crippen LogP contribution < -0.4 is 4.90 Å². The van der Waals surface area contributed by atoms with Crippen molar-refractivity contribution in [1.82, 2.24) is 0 Å². The molecule has 0 heterocycles. The van der Waals surface area contributed by atoms with Crippen LogP contribution in [0.25, 0.3) is 87.2 Å². The molecule has 0 N–H and O–H groups in total. The topological polar surface area (TPSA) is 3.24 Å². The molecule has 11 aromatic rings. The van der Waals surface area contributed by atoms with Gasteiger partial charge in [-0.2, -0.15) is 0 Å². The molecule has 0 bridgehead atoms. The lowest BCUT2D eigenvalue weighted by Crippen LogP contribution is -2.11. The Bertz CT molecular complexity index is 3290. The first kappa shape index (κ1) is 32.9. The second-order valence-corrected chi connectivity index (χ2v) is 14.9. The zero-order valence-electron chi connectivity index (χ0n) is 31.3. The molecule has 0 amide bonds. The maximum Gasteiger partial charge on any atom is 0.0540 e. The van der Waals surface area contributed by atoms with Crippen molar-refractivity contribution in [2.24, 2.45) is 0 Å². The van der Waals surface area contributed by atoms with Crippen LogP contribution in [0.2, 0.25) is 0 Å². The summed E-state index contributed by atoms with van der Waals surface area (Å²) in [6, 6.07) is 82.1. The van der Waals surface area contributed by atoms with Crippen LogP contribution in [-0.2, 0) is 0 Å². The van der Waals surface area contributed by atoms with Crippen molar-refractivity contribution in [2.75, 3.05) is 4.90 Å². The van der Waals surface area contributed by atoms with Gasteiger partial charge < -0.3 is 4.90 Å². The lowest BCUT2D eigenvalue weighted by molar-refractivity contribution is 1.29. The third kappa shape index (κ3) is 5.80. The van der Waals surface area contributed by atoms with Crippen LogP contribution in [-0.4, -0.2) is 0 Å². The monoisotopic (exact) mass is 723 g/mol. The van der Waals surface area contributed by atoms with Gasteiger partial charge in [-0.1, -0.05) is 188 Å². The molecule has 0 aliphatic carbocycles. The summed E-state index contributed by atoms with van der Waals surface area (Å²) in [6.45, 7) is 0. The average Bonchev–Trinajstić information content (AvgIpc) is 3.29. The van der Waals surface area contributed by atoms with Crippen molar-refractivity contribution >= 4 is 70.9 Å². The fourth-order valence-electron chi connectivity index (χ4n) is 8.78. The van der Waals surface area contributed by atoms with E-state index >= 15 is 0 Å². The molecule has 57 heavy (non-hydrogen) atoms. The molecule has 0 unspecified atom stereocenters. The second kappa shape index (κ2) is 13.7. The van der Waals surface area contributed by atoms with Gasteiger partial charge in [0.25, 0.3) is 0 Å². The average molecular weight is 724 g/mol. The van der Waals surface area contributed by atoms with Crippen LogP contribution >= 0.6 is 0 Å². The van der Waals surface area contributed by atoms with E-state index in [-0.39, 0.29) is 0 Å². The Labute approximate surface area is 332 Å². The van der Waals surface area contributed by atoms with Gasteiger partial charge in [-0.3, -0.25) is 0 Å². The van der Waals surface area contributed by atoms with Crippen LogP contribution in [0, 0.1) is 0 Å². The van der Waals surface area contributed by atoms with Crippen molar-refractivity contribution in [1.29, 1.82) is 0 Å². The van der Waals surface area contributed by atoms with Gasteiger partial charge in [-0.05, 0) is 118 Å². The minimum absolute atomic E-state index is 1.11. The molecule has 0 saturated carbocycles. The van der Waals surface area contributed by atoms with Gasteiger partial charge >= 0.3 is 0 Å². The van der Waals surface area contributed by atoms with Crippen LogP contribution in [0.4, 0.5) is 17.1 Å². The van der Waals surface area contributed by atoms with E-state index in [4.69, 9.17) is 0 Å². The fraction of sp³-hybridized carbons (Fsp3) is 0. The van der Waals surface area contributed by atoms with Crippen molar-refractivity contribution in [3.8, 4) is 33.4 Å². The molecular formula is C56H37N. The summed E-state index contributed by atoms with van der Waals surface area (Å²) in [5, 5.41) is 12.7. The summed E-state index contributed by atoms with van der Waals surface area (Å²) >= 11 is 0. The Morgan fingerprint density at radius 1 is 0.228 bits per heavy atom. The number of anilines is 3. The number of benzene rings is 11. The lowest BCUT2D eigenvalue weighted by atomic mass is 9.94. The standard InChI is InChI=1S/C56H37N/c1-2-11-38(12-3-1)44-15-10-16-47(36-44)57(48-31-27-43-26-25-40-13-5-7-18-50(40)55(43)37-48)56-20-9-8-19-52(56)42-23-21-39(22-24-42)45-29-32-51-46(35-45)30-34-53-49-17-6-4-14-41(49)28-33-54(51)53/h1-37H. The molecule has 0 aliphatic rings. The first-order valence-corrected chi connectivity index (χ1v) is 19.7. The number of hydrogen-bond acceptors (Lipinski definition) is 1. The smallest absolute Gasteiger partial charge is 0.0540 e. The number of fused-ring (bicyclic) bond motifs is 8. The zero-order chi connectivity index (χ0) is 37.7. The molecule has 0 saturated heterocycles. The van der Waals surface area contributed by atoms with Gasteiger partial charge in [-0.15, -0.1) is 0 Å². The third-order valence-electron chi connectivity index (χ3n) is 11.6. The molecular weight excluding hydrogens is 687 g/mol. The Balaban J connectivity index is 1.02. The Morgan fingerprint density at radius 2 is 0.719 bits per heavy atom. The SMILES string of the molecule is c1ccc(-c2cccc(N(c3ccc4ccc5ccccc5c4c3)c3ccccc3-c3ccc(-c4ccc5c(ccc6c7ccccc7ccc56)c4)cc3)c2)cc1. The van der Waals surface area contributed by atoms with E-state index in [0.29, 0.717) is 0 Å². The summed E-state index contributed by atoms with van der Waals surface area (Å²) in [6.07, 6.45) is 0. The van der Waals surface area contributed by atoms with E-state index < -0.39 is 0 Å². The first-order valence-electron chi connectivity index (χ1n) is 19.7. The summed E-state index contributed by atoms with van der Waals surface area (Å²) in [5.74, 6) is 0. The number of hydrogen-bond donors (Lipinski definition) is 0. The first-order chi connectivity index (χ1) is 28.2. The zero-order valence-corrected chi connectivity index (χ0v) is 31.3. The predicted octanol–water partition coefficient (Wildman–Crippen LogP) is 15.9. The quantitative estimate of drug-likeness (QED) is 0.154. The molecule has 11 aromatic carbocycles. The highest BCUT2D eigenvalue weighted by Gasteiger charge is 2.19. The molecule has 1 nitrogen and oxygen atoms in total. The molecule has 0 aromatic heterocycles. The summed E-state index contributed by atoms with van der Waals surface area (Å²) < 4.78 is 0. The van der Waals surface area contributed by atoms with Crippen molar-refractivity contribution in [3.63, 3.8) is 0 Å². The third-order valence-corrected chi connectivity index (χ3v) is 11.6. The molecule has 0 radical (unpaired) electrons. The van der Waals surface area contributed by atoms with E-state index in [0.717, 1.165) is 17.1 Å². The molecule has 0 spiro atoms.